The summed E-state index contributed by atoms with van der Waals surface area (Å²) in [5, 5.41) is 12.4. The van der Waals surface area contributed by atoms with Crippen molar-refractivity contribution in [1.29, 1.82) is 0 Å². The summed E-state index contributed by atoms with van der Waals surface area (Å²) in [5.74, 6) is 1.12. The molecule has 2 N–H and O–H groups in total. The fraction of sp³-hybridized carbons (Fsp3) is 0.722. The fourth-order valence-electron chi connectivity index (χ4n) is 3.96. The number of hydrogen-bond donors (Lipinski definition) is 2. The Morgan fingerprint density at radius 2 is 2.19 bits per heavy atom. The molecule has 26 heavy (non-hydrogen) atoms. The molecule has 8 heteroatoms. The van der Waals surface area contributed by atoms with Crippen molar-refractivity contribution in [2.75, 3.05) is 56.2 Å². The Labute approximate surface area is 154 Å². The number of morpholine rings is 1. The van der Waals surface area contributed by atoms with Gasteiger partial charge in [0.05, 0.1) is 13.2 Å². The highest BCUT2D eigenvalue weighted by molar-refractivity contribution is 5.66. The van der Waals surface area contributed by atoms with Crippen molar-refractivity contribution in [1.82, 2.24) is 14.9 Å². The Bertz CT molecular complexity index is 594. The van der Waals surface area contributed by atoms with Crippen molar-refractivity contribution in [3.8, 4) is 0 Å². The largest absolute Gasteiger partial charge is 0.481 e. The van der Waals surface area contributed by atoms with Gasteiger partial charge in [0, 0.05) is 51.4 Å². The second-order valence-corrected chi connectivity index (χ2v) is 6.92. The minimum Gasteiger partial charge on any atom is -0.481 e. The summed E-state index contributed by atoms with van der Waals surface area (Å²) in [4.78, 5) is 24.8. The second kappa shape index (κ2) is 9.14. The molecule has 2 unspecified atom stereocenters. The van der Waals surface area contributed by atoms with E-state index >= 15 is 0 Å². The number of carboxylic acids is 1. The van der Waals surface area contributed by atoms with Crippen LogP contribution in [0.2, 0.25) is 0 Å². The number of hydrogen-bond acceptors (Lipinski definition) is 7. The van der Waals surface area contributed by atoms with Gasteiger partial charge in [-0.15, -0.1) is 0 Å². The van der Waals surface area contributed by atoms with Gasteiger partial charge in [-0.2, -0.15) is 4.98 Å². The van der Waals surface area contributed by atoms with Crippen molar-refractivity contribution in [2.45, 2.75) is 32.2 Å². The first-order chi connectivity index (χ1) is 12.7. The highest BCUT2D eigenvalue weighted by Crippen LogP contribution is 2.29. The third kappa shape index (κ3) is 4.82. The molecule has 2 fully saturated rings. The number of anilines is 2. The smallest absolute Gasteiger partial charge is 0.303 e. The van der Waals surface area contributed by atoms with E-state index in [9.17, 15) is 4.79 Å². The molecule has 0 spiro atoms. The van der Waals surface area contributed by atoms with Gasteiger partial charge < -0.3 is 20.1 Å². The van der Waals surface area contributed by atoms with Crippen LogP contribution >= 0.6 is 0 Å². The summed E-state index contributed by atoms with van der Waals surface area (Å²) < 4.78 is 5.48. The first-order valence-electron chi connectivity index (χ1n) is 9.53. The van der Waals surface area contributed by atoms with Crippen molar-refractivity contribution in [2.24, 2.45) is 5.92 Å². The molecular formula is C18H29N5O3. The van der Waals surface area contributed by atoms with E-state index in [0.717, 1.165) is 64.1 Å². The number of aromatic nitrogens is 2. The molecule has 144 valence electrons. The third-order valence-corrected chi connectivity index (χ3v) is 5.22. The van der Waals surface area contributed by atoms with Crippen LogP contribution in [0.1, 0.15) is 26.2 Å². The molecule has 3 rings (SSSR count). The quantitative estimate of drug-likeness (QED) is 0.749. The van der Waals surface area contributed by atoms with Gasteiger partial charge in [-0.1, -0.05) is 0 Å². The highest BCUT2D eigenvalue weighted by atomic mass is 16.5. The summed E-state index contributed by atoms with van der Waals surface area (Å²) in [5.41, 5.74) is 0. The van der Waals surface area contributed by atoms with Gasteiger partial charge in [0.1, 0.15) is 5.82 Å². The molecule has 2 aliphatic rings. The molecule has 1 aromatic rings. The molecule has 0 radical (unpaired) electrons. The van der Waals surface area contributed by atoms with Crippen LogP contribution in [0.25, 0.3) is 0 Å². The zero-order valence-electron chi connectivity index (χ0n) is 15.4. The van der Waals surface area contributed by atoms with Gasteiger partial charge in [0.15, 0.2) is 0 Å². The van der Waals surface area contributed by atoms with Gasteiger partial charge in [0.25, 0.3) is 0 Å². The molecule has 0 amide bonds. The molecule has 0 aliphatic carbocycles. The predicted octanol–water partition coefficient (Wildman–Crippen LogP) is 1.30. The number of nitrogens with one attached hydrogen (secondary N) is 1. The summed E-state index contributed by atoms with van der Waals surface area (Å²) >= 11 is 0. The maximum Gasteiger partial charge on any atom is 0.303 e. The predicted molar refractivity (Wildman–Crippen MR) is 99.6 cm³/mol. The standard InChI is InChI=1S/C18H29N5O3/c1-2-19-16-5-7-20-18(21-16)23-8-6-15(22-9-11-26-12-10-22)14(13-23)3-4-17(24)25/h5,7,14-15H,2-4,6,8-13H2,1H3,(H,24,25)(H,19,20,21). The lowest BCUT2D eigenvalue weighted by Gasteiger charge is -2.45. The zero-order valence-corrected chi connectivity index (χ0v) is 15.4. The molecule has 1 aromatic heterocycles. The van der Waals surface area contributed by atoms with E-state index in [1.54, 1.807) is 6.20 Å². The topological polar surface area (TPSA) is 90.8 Å². The fourth-order valence-corrected chi connectivity index (χ4v) is 3.96. The summed E-state index contributed by atoms with van der Waals surface area (Å²) in [6, 6.07) is 2.28. The second-order valence-electron chi connectivity index (χ2n) is 6.92. The van der Waals surface area contributed by atoms with Crippen LogP contribution in [0.3, 0.4) is 0 Å². The molecule has 0 saturated carbocycles. The van der Waals surface area contributed by atoms with Crippen LogP contribution in [0.5, 0.6) is 0 Å². The number of ether oxygens (including phenoxy) is 1. The summed E-state index contributed by atoms with van der Waals surface area (Å²) in [6.45, 7) is 7.93. The monoisotopic (exact) mass is 363 g/mol. The van der Waals surface area contributed by atoms with Crippen molar-refractivity contribution >= 4 is 17.7 Å². The summed E-state index contributed by atoms with van der Waals surface area (Å²) in [6.07, 6.45) is 3.66. The van der Waals surface area contributed by atoms with Crippen LogP contribution in [-0.4, -0.2) is 77.9 Å². The lowest BCUT2D eigenvalue weighted by atomic mass is 9.87. The summed E-state index contributed by atoms with van der Waals surface area (Å²) in [7, 11) is 0. The van der Waals surface area contributed by atoms with E-state index in [-0.39, 0.29) is 6.42 Å². The molecule has 8 nitrogen and oxygen atoms in total. The first-order valence-corrected chi connectivity index (χ1v) is 9.53. The Kier molecular flexibility index (Phi) is 6.62. The van der Waals surface area contributed by atoms with Gasteiger partial charge in [-0.25, -0.2) is 4.98 Å². The minimum atomic E-state index is -0.728. The lowest BCUT2D eigenvalue weighted by molar-refractivity contribution is -0.137. The number of carbonyl (C=O) groups is 1. The third-order valence-electron chi connectivity index (χ3n) is 5.22. The van der Waals surface area contributed by atoms with E-state index in [0.29, 0.717) is 18.4 Å². The van der Waals surface area contributed by atoms with Crippen LogP contribution in [-0.2, 0) is 9.53 Å². The average Bonchev–Trinajstić information content (AvgIpc) is 2.67. The Balaban J connectivity index is 1.70. The van der Waals surface area contributed by atoms with Gasteiger partial charge in [0.2, 0.25) is 5.95 Å². The van der Waals surface area contributed by atoms with Crippen molar-refractivity contribution < 1.29 is 14.6 Å². The molecule has 0 bridgehead atoms. The van der Waals surface area contributed by atoms with E-state index in [4.69, 9.17) is 9.84 Å². The Morgan fingerprint density at radius 1 is 1.38 bits per heavy atom. The normalized spacial score (nSPS) is 24.4. The van der Waals surface area contributed by atoms with Gasteiger partial charge >= 0.3 is 5.97 Å². The zero-order chi connectivity index (χ0) is 18.4. The number of rotatable bonds is 7. The van der Waals surface area contributed by atoms with Crippen LogP contribution in [0.4, 0.5) is 11.8 Å². The van der Waals surface area contributed by atoms with E-state index in [2.05, 4.69) is 25.1 Å². The van der Waals surface area contributed by atoms with Gasteiger partial charge in [-0.05, 0) is 31.7 Å². The molecule has 0 aromatic carbocycles. The Hall–Kier alpha value is -1.93. The van der Waals surface area contributed by atoms with E-state index in [1.165, 1.54) is 0 Å². The van der Waals surface area contributed by atoms with Crippen molar-refractivity contribution in [3.05, 3.63) is 12.3 Å². The van der Waals surface area contributed by atoms with Gasteiger partial charge in [-0.3, -0.25) is 9.69 Å². The SMILES string of the molecule is CCNc1ccnc(N2CCC(N3CCOCC3)C(CCC(=O)O)C2)n1. The van der Waals surface area contributed by atoms with Crippen LogP contribution in [0, 0.1) is 5.92 Å². The lowest BCUT2D eigenvalue weighted by Crippen LogP contribution is -2.54. The minimum absolute atomic E-state index is 0.206. The van der Waals surface area contributed by atoms with Crippen molar-refractivity contribution in [3.63, 3.8) is 0 Å². The maximum absolute atomic E-state index is 11.1. The Morgan fingerprint density at radius 3 is 2.92 bits per heavy atom. The van der Waals surface area contributed by atoms with Crippen LogP contribution in [0.15, 0.2) is 12.3 Å². The number of aliphatic carboxylic acids is 1. The van der Waals surface area contributed by atoms with Crippen LogP contribution < -0.4 is 10.2 Å². The molecule has 2 saturated heterocycles. The number of piperidine rings is 1. The molecule has 2 atom stereocenters. The first kappa shape index (κ1) is 18.8. The molecule has 3 heterocycles. The molecule has 2 aliphatic heterocycles. The average molecular weight is 363 g/mol. The molecular weight excluding hydrogens is 334 g/mol. The maximum atomic E-state index is 11.1. The van der Waals surface area contributed by atoms with E-state index in [1.807, 2.05) is 13.0 Å². The number of carboxylic acid groups (broad SMARTS) is 1. The number of nitrogens with zero attached hydrogens (tertiary/aromatic N) is 4. The highest BCUT2D eigenvalue weighted by Gasteiger charge is 2.35. The van der Waals surface area contributed by atoms with E-state index < -0.39 is 5.97 Å².